The molecule has 0 saturated carbocycles. The van der Waals surface area contributed by atoms with Gasteiger partial charge in [-0.25, -0.2) is 0 Å². The van der Waals surface area contributed by atoms with E-state index in [4.69, 9.17) is 0 Å². The van der Waals surface area contributed by atoms with Crippen LogP contribution >= 0.6 is 27.3 Å². The standard InChI is InChI=1S/C9H15BrN2S/c1-11-4-2-3-5-12-9-6-8(10)7-13-9/h6-7,11-12H,2-5H2,1H3. The number of unbranched alkanes of at least 4 members (excludes halogenated alkanes) is 1. The van der Waals surface area contributed by atoms with Crippen molar-refractivity contribution >= 4 is 32.3 Å². The van der Waals surface area contributed by atoms with Gasteiger partial charge in [0.05, 0.1) is 5.00 Å². The highest BCUT2D eigenvalue weighted by Gasteiger charge is 1.95. The van der Waals surface area contributed by atoms with Crippen LogP contribution in [0.15, 0.2) is 15.9 Å². The van der Waals surface area contributed by atoms with Crippen molar-refractivity contribution in [3.8, 4) is 0 Å². The molecule has 0 aliphatic heterocycles. The second kappa shape index (κ2) is 6.40. The van der Waals surface area contributed by atoms with Crippen molar-refractivity contribution in [1.29, 1.82) is 0 Å². The Labute approximate surface area is 91.9 Å². The molecule has 0 fully saturated rings. The Kier molecular flexibility index (Phi) is 5.43. The highest BCUT2D eigenvalue weighted by atomic mass is 79.9. The number of nitrogens with one attached hydrogen (secondary N) is 2. The van der Waals surface area contributed by atoms with E-state index in [2.05, 4.69) is 38.0 Å². The number of hydrogen-bond donors (Lipinski definition) is 2. The minimum Gasteiger partial charge on any atom is -0.377 e. The minimum atomic E-state index is 1.06. The van der Waals surface area contributed by atoms with Crippen molar-refractivity contribution in [3.63, 3.8) is 0 Å². The lowest BCUT2D eigenvalue weighted by Gasteiger charge is -2.02. The summed E-state index contributed by atoms with van der Waals surface area (Å²) in [6.45, 7) is 2.17. The van der Waals surface area contributed by atoms with Gasteiger partial charge in [0.15, 0.2) is 0 Å². The zero-order chi connectivity index (χ0) is 9.52. The van der Waals surface area contributed by atoms with Crippen LogP contribution in [0.25, 0.3) is 0 Å². The van der Waals surface area contributed by atoms with Crippen molar-refractivity contribution in [3.05, 3.63) is 15.9 Å². The van der Waals surface area contributed by atoms with Crippen LogP contribution in [0.3, 0.4) is 0 Å². The van der Waals surface area contributed by atoms with Crippen molar-refractivity contribution in [2.45, 2.75) is 12.8 Å². The highest BCUT2D eigenvalue weighted by molar-refractivity contribution is 9.10. The van der Waals surface area contributed by atoms with Gasteiger partial charge in [-0.05, 0) is 48.4 Å². The smallest absolute Gasteiger partial charge is 0.0894 e. The minimum absolute atomic E-state index is 1.06. The Morgan fingerprint density at radius 2 is 2.15 bits per heavy atom. The molecule has 1 heterocycles. The summed E-state index contributed by atoms with van der Waals surface area (Å²) >= 11 is 5.17. The molecule has 0 amide bonds. The number of thiophene rings is 1. The average Bonchev–Trinajstić information content (AvgIpc) is 2.51. The third-order valence-corrected chi connectivity index (χ3v) is 3.37. The Hall–Kier alpha value is -0.0600. The van der Waals surface area contributed by atoms with Gasteiger partial charge >= 0.3 is 0 Å². The average molecular weight is 263 g/mol. The summed E-state index contributed by atoms with van der Waals surface area (Å²) < 4.78 is 1.16. The second-order valence-electron chi connectivity index (χ2n) is 2.87. The van der Waals surface area contributed by atoms with Crippen LogP contribution in [0.2, 0.25) is 0 Å². The van der Waals surface area contributed by atoms with Crippen molar-refractivity contribution in [2.24, 2.45) is 0 Å². The molecule has 0 saturated heterocycles. The van der Waals surface area contributed by atoms with Crippen LogP contribution in [0.1, 0.15) is 12.8 Å². The van der Waals surface area contributed by atoms with Crippen molar-refractivity contribution in [1.82, 2.24) is 5.32 Å². The second-order valence-corrected chi connectivity index (χ2v) is 4.69. The SMILES string of the molecule is CNCCCCNc1cc(Br)cs1. The van der Waals surface area contributed by atoms with Gasteiger partial charge in [-0.1, -0.05) is 0 Å². The van der Waals surface area contributed by atoms with Crippen LogP contribution in [0.5, 0.6) is 0 Å². The lowest BCUT2D eigenvalue weighted by molar-refractivity contribution is 0.695. The summed E-state index contributed by atoms with van der Waals surface area (Å²) in [6.07, 6.45) is 2.45. The summed E-state index contributed by atoms with van der Waals surface area (Å²) in [7, 11) is 1.99. The van der Waals surface area contributed by atoms with Crippen LogP contribution in [-0.2, 0) is 0 Å². The number of hydrogen-bond acceptors (Lipinski definition) is 3. The van der Waals surface area contributed by atoms with Gasteiger partial charge in [-0.3, -0.25) is 0 Å². The molecule has 2 nitrogen and oxygen atoms in total. The first-order valence-corrected chi connectivity index (χ1v) is 6.12. The molecule has 4 heteroatoms. The molecule has 1 rings (SSSR count). The van der Waals surface area contributed by atoms with E-state index in [1.807, 2.05) is 7.05 Å². The molecule has 13 heavy (non-hydrogen) atoms. The molecular formula is C9H15BrN2S. The molecule has 0 aliphatic rings. The molecule has 0 bridgehead atoms. The van der Waals surface area contributed by atoms with E-state index in [1.165, 1.54) is 17.8 Å². The Bertz CT molecular complexity index is 237. The summed E-state index contributed by atoms with van der Waals surface area (Å²) in [5.41, 5.74) is 0. The summed E-state index contributed by atoms with van der Waals surface area (Å²) in [5, 5.41) is 9.86. The lowest BCUT2D eigenvalue weighted by atomic mass is 10.3. The molecule has 0 atom stereocenters. The Balaban J connectivity index is 2.06. The van der Waals surface area contributed by atoms with Crippen molar-refractivity contribution < 1.29 is 0 Å². The topological polar surface area (TPSA) is 24.1 Å². The summed E-state index contributed by atoms with van der Waals surface area (Å²) in [6, 6.07) is 2.11. The third kappa shape index (κ3) is 4.64. The molecule has 2 N–H and O–H groups in total. The normalized spacial score (nSPS) is 10.3. The summed E-state index contributed by atoms with van der Waals surface area (Å²) in [4.78, 5) is 0. The van der Waals surface area contributed by atoms with E-state index < -0.39 is 0 Å². The molecule has 0 aromatic carbocycles. The molecule has 0 unspecified atom stereocenters. The van der Waals surface area contributed by atoms with E-state index in [-0.39, 0.29) is 0 Å². The van der Waals surface area contributed by atoms with Gasteiger partial charge in [0.2, 0.25) is 0 Å². The van der Waals surface area contributed by atoms with Gasteiger partial charge in [0.1, 0.15) is 0 Å². The molecule has 74 valence electrons. The van der Waals surface area contributed by atoms with E-state index in [9.17, 15) is 0 Å². The molecular weight excluding hydrogens is 248 g/mol. The van der Waals surface area contributed by atoms with E-state index in [1.54, 1.807) is 11.3 Å². The van der Waals surface area contributed by atoms with E-state index >= 15 is 0 Å². The molecule has 0 spiro atoms. The maximum absolute atomic E-state index is 3.43. The quantitative estimate of drug-likeness (QED) is 0.771. The maximum Gasteiger partial charge on any atom is 0.0894 e. The molecule has 0 radical (unpaired) electrons. The van der Waals surface area contributed by atoms with Crippen LogP contribution in [0.4, 0.5) is 5.00 Å². The van der Waals surface area contributed by atoms with Crippen molar-refractivity contribution in [2.75, 3.05) is 25.5 Å². The summed E-state index contributed by atoms with van der Waals surface area (Å²) in [5.74, 6) is 0. The first-order valence-electron chi connectivity index (χ1n) is 4.45. The first kappa shape index (κ1) is 11.0. The predicted octanol–water partition coefficient (Wildman–Crippen LogP) is 2.92. The van der Waals surface area contributed by atoms with Gasteiger partial charge in [0.25, 0.3) is 0 Å². The maximum atomic E-state index is 3.43. The van der Waals surface area contributed by atoms with Gasteiger partial charge < -0.3 is 10.6 Å². The van der Waals surface area contributed by atoms with Gasteiger partial charge in [0, 0.05) is 16.4 Å². The largest absolute Gasteiger partial charge is 0.377 e. The third-order valence-electron chi connectivity index (χ3n) is 1.72. The van der Waals surface area contributed by atoms with E-state index in [0.29, 0.717) is 0 Å². The lowest BCUT2D eigenvalue weighted by Crippen LogP contribution is -2.09. The fourth-order valence-electron chi connectivity index (χ4n) is 1.04. The number of rotatable bonds is 6. The Morgan fingerprint density at radius 1 is 1.38 bits per heavy atom. The monoisotopic (exact) mass is 262 g/mol. The molecule has 1 aromatic heterocycles. The van der Waals surface area contributed by atoms with Gasteiger partial charge in [-0.2, -0.15) is 0 Å². The number of halogens is 1. The zero-order valence-electron chi connectivity index (χ0n) is 7.77. The fraction of sp³-hybridized carbons (Fsp3) is 0.556. The van der Waals surface area contributed by atoms with Crippen LogP contribution < -0.4 is 10.6 Å². The fourth-order valence-corrected chi connectivity index (χ4v) is 2.39. The first-order chi connectivity index (χ1) is 6.33. The van der Waals surface area contributed by atoms with Crippen LogP contribution in [-0.4, -0.2) is 20.1 Å². The highest BCUT2D eigenvalue weighted by Crippen LogP contribution is 2.24. The van der Waals surface area contributed by atoms with E-state index in [0.717, 1.165) is 17.6 Å². The molecule has 1 aromatic rings. The van der Waals surface area contributed by atoms with Crippen LogP contribution in [0, 0.1) is 0 Å². The molecule has 0 aliphatic carbocycles. The van der Waals surface area contributed by atoms with Gasteiger partial charge in [-0.15, -0.1) is 11.3 Å². The Morgan fingerprint density at radius 3 is 2.77 bits per heavy atom. The zero-order valence-corrected chi connectivity index (χ0v) is 10.2. The number of anilines is 1. The predicted molar refractivity (Wildman–Crippen MR) is 63.7 cm³/mol.